The van der Waals surface area contributed by atoms with Crippen molar-refractivity contribution < 1.29 is 0 Å². The molecule has 0 saturated heterocycles. The standard InChI is InChI=1S/C11H10N/c1-2-9-7-8-12-11-6-4-3-5-10(9)11/h3-5,7-8H,2H2,1H3. The zero-order valence-electron chi connectivity index (χ0n) is 7.04. The molecular weight excluding hydrogens is 146 g/mol. The maximum absolute atomic E-state index is 4.23. The van der Waals surface area contributed by atoms with Crippen LogP contribution in [0.25, 0.3) is 10.9 Å². The highest BCUT2D eigenvalue weighted by Gasteiger charge is 1.97. The summed E-state index contributed by atoms with van der Waals surface area (Å²) in [5.41, 5.74) is 2.31. The van der Waals surface area contributed by atoms with E-state index in [0.717, 1.165) is 11.9 Å². The van der Waals surface area contributed by atoms with Crippen molar-refractivity contribution in [3.63, 3.8) is 0 Å². The molecule has 1 nitrogen and oxygen atoms in total. The number of hydrogen-bond acceptors (Lipinski definition) is 1. The van der Waals surface area contributed by atoms with Gasteiger partial charge in [0, 0.05) is 17.6 Å². The van der Waals surface area contributed by atoms with Gasteiger partial charge >= 0.3 is 0 Å². The van der Waals surface area contributed by atoms with Crippen molar-refractivity contribution in [3.05, 3.63) is 42.1 Å². The van der Waals surface area contributed by atoms with E-state index in [2.05, 4.69) is 30.1 Å². The molecule has 12 heavy (non-hydrogen) atoms. The third-order valence-corrected chi connectivity index (χ3v) is 2.04. The molecule has 0 aliphatic rings. The Bertz CT molecular complexity index is 388. The molecule has 0 atom stereocenters. The van der Waals surface area contributed by atoms with E-state index in [0.29, 0.717) is 0 Å². The summed E-state index contributed by atoms with van der Waals surface area (Å²) in [5, 5.41) is 1.22. The van der Waals surface area contributed by atoms with Gasteiger partial charge < -0.3 is 0 Å². The van der Waals surface area contributed by atoms with Crippen LogP contribution in [0.2, 0.25) is 0 Å². The summed E-state index contributed by atoms with van der Waals surface area (Å²) in [4.78, 5) is 4.23. The van der Waals surface area contributed by atoms with Gasteiger partial charge in [-0.2, -0.15) is 0 Å². The van der Waals surface area contributed by atoms with Gasteiger partial charge in [0.1, 0.15) is 0 Å². The number of para-hydroxylation sites is 1. The fourth-order valence-corrected chi connectivity index (χ4v) is 1.39. The summed E-state index contributed by atoms with van der Waals surface area (Å²) in [5.74, 6) is 0. The van der Waals surface area contributed by atoms with Crippen molar-refractivity contribution in [2.24, 2.45) is 0 Å². The quantitative estimate of drug-likeness (QED) is 0.618. The molecule has 1 heteroatoms. The van der Waals surface area contributed by atoms with E-state index in [9.17, 15) is 0 Å². The fourth-order valence-electron chi connectivity index (χ4n) is 1.39. The Balaban J connectivity index is 2.79. The number of aromatic nitrogens is 1. The minimum Gasteiger partial charge on any atom is -0.256 e. The predicted molar refractivity (Wildman–Crippen MR) is 50.0 cm³/mol. The van der Waals surface area contributed by atoms with Crippen molar-refractivity contribution in [1.82, 2.24) is 4.98 Å². The first-order valence-electron chi connectivity index (χ1n) is 4.16. The summed E-state index contributed by atoms with van der Waals surface area (Å²) in [7, 11) is 0. The predicted octanol–water partition coefficient (Wildman–Crippen LogP) is 2.60. The topological polar surface area (TPSA) is 12.9 Å². The number of hydrogen-bond donors (Lipinski definition) is 0. The fraction of sp³-hybridized carbons (Fsp3) is 0.182. The van der Waals surface area contributed by atoms with E-state index in [1.165, 1.54) is 10.9 Å². The zero-order valence-corrected chi connectivity index (χ0v) is 7.04. The molecule has 1 radical (unpaired) electrons. The first-order valence-corrected chi connectivity index (χ1v) is 4.16. The minimum atomic E-state index is 0.969. The summed E-state index contributed by atoms with van der Waals surface area (Å²) >= 11 is 0. The van der Waals surface area contributed by atoms with Gasteiger partial charge in [0.2, 0.25) is 0 Å². The largest absolute Gasteiger partial charge is 0.256 e. The molecule has 0 saturated carbocycles. The van der Waals surface area contributed by atoms with Crippen LogP contribution < -0.4 is 0 Å². The van der Waals surface area contributed by atoms with Gasteiger partial charge in [0.05, 0.1) is 5.52 Å². The normalized spacial score (nSPS) is 10.4. The highest BCUT2D eigenvalue weighted by atomic mass is 14.6. The number of fused-ring (bicyclic) bond motifs is 1. The van der Waals surface area contributed by atoms with Crippen molar-refractivity contribution >= 4 is 10.9 Å². The third kappa shape index (κ3) is 1.07. The highest BCUT2D eigenvalue weighted by Crippen LogP contribution is 2.15. The first kappa shape index (κ1) is 7.29. The molecule has 59 valence electrons. The SMILES string of the molecule is CCc1ccnc2[c]cccc12. The molecule has 1 heterocycles. The number of nitrogens with zero attached hydrogens (tertiary/aromatic N) is 1. The van der Waals surface area contributed by atoms with E-state index >= 15 is 0 Å². The maximum Gasteiger partial charge on any atom is 0.0783 e. The smallest absolute Gasteiger partial charge is 0.0783 e. The van der Waals surface area contributed by atoms with Gasteiger partial charge in [-0.3, -0.25) is 4.98 Å². The van der Waals surface area contributed by atoms with Crippen molar-refractivity contribution in [1.29, 1.82) is 0 Å². The van der Waals surface area contributed by atoms with Crippen LogP contribution in [0.5, 0.6) is 0 Å². The second-order valence-electron chi connectivity index (χ2n) is 2.76. The molecule has 1 aromatic heterocycles. The Morgan fingerprint density at radius 3 is 3.17 bits per heavy atom. The maximum atomic E-state index is 4.23. The van der Waals surface area contributed by atoms with Crippen LogP contribution in [0, 0.1) is 6.07 Å². The molecule has 0 spiro atoms. The summed E-state index contributed by atoms with van der Waals surface area (Å²) < 4.78 is 0. The van der Waals surface area contributed by atoms with E-state index in [1.54, 1.807) is 0 Å². The molecule has 0 aliphatic carbocycles. The highest BCUT2D eigenvalue weighted by molar-refractivity contribution is 5.81. The molecule has 0 fully saturated rings. The third-order valence-electron chi connectivity index (χ3n) is 2.04. The lowest BCUT2D eigenvalue weighted by molar-refractivity contribution is 1.15. The van der Waals surface area contributed by atoms with Gasteiger partial charge in [-0.25, -0.2) is 0 Å². The number of benzene rings is 1. The second-order valence-corrected chi connectivity index (χ2v) is 2.76. The molecule has 0 bridgehead atoms. The Kier molecular flexibility index (Phi) is 1.78. The lowest BCUT2D eigenvalue weighted by Crippen LogP contribution is -1.85. The van der Waals surface area contributed by atoms with Gasteiger partial charge in [0.15, 0.2) is 0 Å². The van der Waals surface area contributed by atoms with Crippen LogP contribution in [-0.4, -0.2) is 4.98 Å². The van der Waals surface area contributed by atoms with Crippen LogP contribution in [0.1, 0.15) is 12.5 Å². The summed E-state index contributed by atoms with van der Waals surface area (Å²) in [6.07, 6.45) is 2.90. The first-order chi connectivity index (χ1) is 5.92. The molecular formula is C11H10N. The van der Waals surface area contributed by atoms with Crippen LogP contribution in [0.4, 0.5) is 0 Å². The monoisotopic (exact) mass is 156 g/mol. The minimum absolute atomic E-state index is 0.969. The molecule has 2 rings (SSSR count). The van der Waals surface area contributed by atoms with E-state index < -0.39 is 0 Å². The van der Waals surface area contributed by atoms with Crippen molar-refractivity contribution in [3.8, 4) is 0 Å². The molecule has 0 amide bonds. The molecule has 1 aromatic carbocycles. The van der Waals surface area contributed by atoms with Crippen LogP contribution in [0.15, 0.2) is 30.5 Å². The average molecular weight is 156 g/mol. The Labute approximate surface area is 72.1 Å². The lowest BCUT2D eigenvalue weighted by Gasteiger charge is -2.00. The molecule has 0 unspecified atom stereocenters. The number of rotatable bonds is 1. The van der Waals surface area contributed by atoms with E-state index in [4.69, 9.17) is 0 Å². The summed E-state index contributed by atoms with van der Waals surface area (Å²) in [6.45, 7) is 2.15. The van der Waals surface area contributed by atoms with Crippen molar-refractivity contribution in [2.75, 3.05) is 0 Å². The van der Waals surface area contributed by atoms with Crippen LogP contribution >= 0.6 is 0 Å². The van der Waals surface area contributed by atoms with Gasteiger partial charge in [0.25, 0.3) is 0 Å². The van der Waals surface area contributed by atoms with Gasteiger partial charge in [-0.05, 0) is 18.1 Å². The average Bonchev–Trinajstić information content (AvgIpc) is 2.17. The number of pyridine rings is 1. The van der Waals surface area contributed by atoms with Gasteiger partial charge in [-0.1, -0.05) is 25.1 Å². The van der Waals surface area contributed by atoms with E-state index in [-0.39, 0.29) is 0 Å². The van der Waals surface area contributed by atoms with Crippen molar-refractivity contribution in [2.45, 2.75) is 13.3 Å². The van der Waals surface area contributed by atoms with Crippen LogP contribution in [0.3, 0.4) is 0 Å². The molecule has 0 aliphatic heterocycles. The van der Waals surface area contributed by atoms with Crippen LogP contribution in [-0.2, 0) is 6.42 Å². The van der Waals surface area contributed by atoms with Gasteiger partial charge in [-0.15, -0.1) is 0 Å². The Morgan fingerprint density at radius 2 is 2.33 bits per heavy atom. The Hall–Kier alpha value is -1.37. The van der Waals surface area contributed by atoms with E-state index in [1.807, 2.05) is 18.3 Å². The summed E-state index contributed by atoms with van der Waals surface area (Å²) in [6, 6.07) is 11.2. The number of aryl methyl sites for hydroxylation is 1. The lowest BCUT2D eigenvalue weighted by atomic mass is 10.1. The second kappa shape index (κ2) is 2.94. The zero-order chi connectivity index (χ0) is 8.39. The Morgan fingerprint density at radius 1 is 1.42 bits per heavy atom. The molecule has 0 N–H and O–H groups in total. The molecule has 2 aromatic rings.